The number of ether oxygens (including phenoxy) is 1. The first-order chi connectivity index (χ1) is 13.1. The molecule has 0 bridgehead atoms. The summed E-state index contributed by atoms with van der Waals surface area (Å²) in [7, 11) is 0. The Kier molecular flexibility index (Phi) is 4.42. The first-order valence-electron chi connectivity index (χ1n) is 8.67. The van der Waals surface area contributed by atoms with Gasteiger partial charge in [0.15, 0.2) is 17.7 Å². The van der Waals surface area contributed by atoms with Gasteiger partial charge in [0.05, 0.1) is 11.0 Å². The van der Waals surface area contributed by atoms with Gasteiger partial charge in [0.2, 0.25) is 0 Å². The molecule has 2 N–H and O–H groups in total. The molecule has 7 heteroatoms. The molecule has 2 aromatic heterocycles. The molecule has 0 aliphatic heterocycles. The summed E-state index contributed by atoms with van der Waals surface area (Å²) in [5, 5.41) is 20.0. The minimum absolute atomic E-state index is 0.0415. The van der Waals surface area contributed by atoms with Crippen molar-refractivity contribution in [2.45, 2.75) is 32.3 Å². The predicted molar refractivity (Wildman–Crippen MR) is 102 cm³/mol. The third-order valence-electron chi connectivity index (χ3n) is 4.61. The minimum atomic E-state index is -0.961. The van der Waals surface area contributed by atoms with E-state index in [1.165, 1.54) is 28.7 Å². The van der Waals surface area contributed by atoms with Crippen LogP contribution in [0.4, 0.5) is 0 Å². The van der Waals surface area contributed by atoms with Gasteiger partial charge in [-0.05, 0) is 49.9 Å². The third-order valence-corrected chi connectivity index (χ3v) is 5.83. The lowest BCUT2D eigenvalue weighted by molar-refractivity contribution is 0.0340. The summed E-state index contributed by atoms with van der Waals surface area (Å²) in [5.41, 5.74) is 2.61. The van der Waals surface area contributed by atoms with Crippen molar-refractivity contribution in [3.63, 3.8) is 0 Å². The van der Waals surface area contributed by atoms with Crippen molar-refractivity contribution >= 4 is 33.9 Å². The third kappa shape index (κ3) is 3.20. The molecular weight excluding hydrogens is 362 g/mol. The molecule has 0 spiro atoms. The van der Waals surface area contributed by atoms with E-state index < -0.39 is 12.1 Å². The quantitative estimate of drug-likeness (QED) is 0.403. The number of esters is 1. The molecule has 1 atom stereocenters. The number of thiophene rings is 1. The summed E-state index contributed by atoms with van der Waals surface area (Å²) in [6.45, 7) is 1.54. The number of hydrogen-bond acceptors (Lipinski definition) is 6. The molecule has 0 amide bonds. The maximum atomic E-state index is 12.4. The lowest BCUT2D eigenvalue weighted by atomic mass is 10.1. The molecule has 1 aliphatic carbocycles. The lowest BCUT2D eigenvalue weighted by Gasteiger charge is -2.13. The number of nitrogens with one attached hydrogen (secondary N) is 1. The second kappa shape index (κ2) is 6.89. The highest BCUT2D eigenvalue weighted by Crippen LogP contribution is 2.31. The van der Waals surface area contributed by atoms with E-state index in [-0.39, 0.29) is 17.2 Å². The number of hydrogen-bond donors (Lipinski definition) is 2. The van der Waals surface area contributed by atoms with E-state index >= 15 is 0 Å². The van der Waals surface area contributed by atoms with Gasteiger partial charge in [-0.2, -0.15) is 5.26 Å². The summed E-state index contributed by atoms with van der Waals surface area (Å²) in [6.07, 6.45) is 2.15. The molecule has 1 aliphatic rings. The Balaban J connectivity index is 1.57. The maximum absolute atomic E-state index is 12.4. The fourth-order valence-corrected chi connectivity index (χ4v) is 4.35. The van der Waals surface area contributed by atoms with Crippen LogP contribution in [0.1, 0.15) is 39.3 Å². The summed E-state index contributed by atoms with van der Waals surface area (Å²) < 4.78 is 5.38. The molecule has 27 heavy (non-hydrogen) atoms. The van der Waals surface area contributed by atoms with E-state index in [0.717, 1.165) is 24.8 Å². The number of aromatic amines is 1. The number of aliphatic hydroxyl groups is 1. The number of fused-ring (bicyclic) bond motifs is 2. The van der Waals surface area contributed by atoms with Crippen molar-refractivity contribution in [1.82, 2.24) is 9.97 Å². The van der Waals surface area contributed by atoms with E-state index in [0.29, 0.717) is 10.4 Å². The zero-order valence-electron chi connectivity index (χ0n) is 14.7. The second-order valence-electron chi connectivity index (χ2n) is 6.43. The SMILES string of the molecule is C[C@@H](OC(=O)c1cc2c(s1)CCC2)/C(O)=C(\C#N)c1nc2ccccc2[nH]1. The Hall–Kier alpha value is -3.11. The number of carbonyl (C=O) groups is 1. The Bertz CT molecular complexity index is 1050. The molecule has 0 saturated heterocycles. The second-order valence-corrected chi connectivity index (χ2v) is 7.57. The molecule has 0 radical (unpaired) electrons. The van der Waals surface area contributed by atoms with Crippen LogP contribution in [-0.4, -0.2) is 27.1 Å². The van der Waals surface area contributed by atoms with E-state index in [9.17, 15) is 15.2 Å². The molecule has 136 valence electrons. The summed E-state index contributed by atoms with van der Waals surface area (Å²) in [4.78, 5) is 21.5. The van der Waals surface area contributed by atoms with Gasteiger partial charge in [0.1, 0.15) is 16.5 Å². The number of carbonyl (C=O) groups excluding carboxylic acids is 1. The van der Waals surface area contributed by atoms with E-state index in [2.05, 4.69) is 9.97 Å². The largest absolute Gasteiger partial charge is 0.507 e. The molecule has 3 aromatic rings. The predicted octanol–water partition coefficient (Wildman–Crippen LogP) is 4.15. The molecule has 0 unspecified atom stereocenters. The number of H-pyrrole nitrogens is 1. The molecular formula is C20H17N3O3S. The number of allylic oxidation sites excluding steroid dienone is 1. The highest BCUT2D eigenvalue weighted by molar-refractivity contribution is 7.14. The van der Waals surface area contributed by atoms with Crippen LogP contribution in [0.5, 0.6) is 0 Å². The Labute approximate surface area is 159 Å². The van der Waals surface area contributed by atoms with Crippen LogP contribution >= 0.6 is 11.3 Å². The standard InChI is InChI=1S/C20H17N3O3S/c1-11(26-20(25)17-9-12-5-4-8-16(12)27-17)18(24)13(10-21)19-22-14-6-2-3-7-15(14)23-19/h2-3,6-7,9,11,24H,4-5,8H2,1H3,(H,22,23)/b18-13-/t11-/m1/s1. The van der Waals surface area contributed by atoms with Gasteiger partial charge in [0.25, 0.3) is 0 Å². The highest BCUT2D eigenvalue weighted by Gasteiger charge is 2.24. The van der Waals surface area contributed by atoms with Gasteiger partial charge < -0.3 is 14.8 Å². The van der Waals surface area contributed by atoms with Crippen LogP contribution in [0.3, 0.4) is 0 Å². The summed E-state index contributed by atoms with van der Waals surface area (Å²) in [6, 6.07) is 11.1. The maximum Gasteiger partial charge on any atom is 0.349 e. The van der Waals surface area contributed by atoms with Crippen molar-refractivity contribution in [3.05, 3.63) is 57.2 Å². The minimum Gasteiger partial charge on any atom is -0.507 e. The monoisotopic (exact) mass is 379 g/mol. The van der Waals surface area contributed by atoms with Gasteiger partial charge in [-0.3, -0.25) is 0 Å². The molecule has 0 saturated carbocycles. The van der Waals surface area contributed by atoms with Gasteiger partial charge >= 0.3 is 5.97 Å². The first kappa shape index (κ1) is 17.3. The molecule has 2 heterocycles. The molecule has 0 fully saturated rings. The fourth-order valence-electron chi connectivity index (χ4n) is 3.21. The van der Waals surface area contributed by atoms with E-state index in [1.54, 1.807) is 6.07 Å². The molecule has 6 nitrogen and oxygen atoms in total. The number of imidazole rings is 1. The lowest BCUT2D eigenvalue weighted by Crippen LogP contribution is -2.18. The smallest absolute Gasteiger partial charge is 0.349 e. The number of nitriles is 1. The number of benzene rings is 1. The van der Waals surface area contributed by atoms with Gasteiger partial charge in [-0.15, -0.1) is 11.3 Å². The van der Waals surface area contributed by atoms with Crippen molar-refractivity contribution in [2.24, 2.45) is 0 Å². The number of para-hydroxylation sites is 2. The average molecular weight is 379 g/mol. The molecule has 1 aromatic carbocycles. The van der Waals surface area contributed by atoms with E-state index in [4.69, 9.17) is 4.74 Å². The fraction of sp³-hybridized carbons (Fsp3) is 0.250. The number of rotatable bonds is 4. The number of aliphatic hydroxyl groups excluding tert-OH is 1. The van der Waals surface area contributed by atoms with Crippen molar-refractivity contribution in [1.29, 1.82) is 5.26 Å². The number of aromatic nitrogens is 2. The Morgan fingerprint density at radius 1 is 1.41 bits per heavy atom. The van der Waals surface area contributed by atoms with Crippen molar-refractivity contribution < 1.29 is 14.6 Å². The molecule has 4 rings (SSSR count). The van der Waals surface area contributed by atoms with Crippen molar-refractivity contribution in [2.75, 3.05) is 0 Å². The highest BCUT2D eigenvalue weighted by atomic mass is 32.1. The summed E-state index contributed by atoms with van der Waals surface area (Å²) in [5.74, 6) is -0.571. The first-order valence-corrected chi connectivity index (χ1v) is 9.49. The van der Waals surface area contributed by atoms with Crippen LogP contribution in [0.15, 0.2) is 36.1 Å². The number of aryl methyl sites for hydroxylation is 2. The van der Waals surface area contributed by atoms with Crippen LogP contribution in [0.25, 0.3) is 16.6 Å². The Morgan fingerprint density at radius 2 is 2.22 bits per heavy atom. The normalized spacial score (nSPS) is 15.1. The van der Waals surface area contributed by atoms with Gasteiger partial charge in [0, 0.05) is 4.88 Å². The van der Waals surface area contributed by atoms with Crippen LogP contribution in [0, 0.1) is 11.3 Å². The van der Waals surface area contributed by atoms with Crippen LogP contribution in [0.2, 0.25) is 0 Å². The summed E-state index contributed by atoms with van der Waals surface area (Å²) >= 11 is 1.44. The number of nitrogens with zero attached hydrogens (tertiary/aromatic N) is 2. The topological polar surface area (TPSA) is 99.0 Å². The Morgan fingerprint density at radius 3 is 2.96 bits per heavy atom. The van der Waals surface area contributed by atoms with Crippen LogP contribution in [-0.2, 0) is 17.6 Å². The average Bonchev–Trinajstić information content (AvgIpc) is 3.35. The zero-order chi connectivity index (χ0) is 19.0. The van der Waals surface area contributed by atoms with Gasteiger partial charge in [-0.25, -0.2) is 9.78 Å². The van der Waals surface area contributed by atoms with Gasteiger partial charge in [-0.1, -0.05) is 12.1 Å². The zero-order valence-corrected chi connectivity index (χ0v) is 15.5. The van der Waals surface area contributed by atoms with E-state index in [1.807, 2.05) is 30.3 Å². The van der Waals surface area contributed by atoms with Crippen LogP contribution < -0.4 is 0 Å². The van der Waals surface area contributed by atoms with Crippen molar-refractivity contribution in [3.8, 4) is 6.07 Å².